The van der Waals surface area contributed by atoms with Gasteiger partial charge in [0.05, 0.1) is 10.9 Å². The number of nitrogens with zero attached hydrogens (tertiary/aromatic N) is 3. The fourth-order valence-electron chi connectivity index (χ4n) is 2.27. The van der Waals surface area contributed by atoms with Crippen molar-refractivity contribution in [1.29, 1.82) is 0 Å². The lowest BCUT2D eigenvalue weighted by Gasteiger charge is -2.02. The minimum absolute atomic E-state index is 0.135. The van der Waals surface area contributed by atoms with Crippen LogP contribution in [0.4, 0.5) is 5.82 Å². The van der Waals surface area contributed by atoms with Crippen molar-refractivity contribution in [3.8, 4) is 0 Å². The van der Waals surface area contributed by atoms with Gasteiger partial charge in [-0.2, -0.15) is 5.10 Å². The lowest BCUT2D eigenvalue weighted by molar-refractivity contribution is -0.114. The van der Waals surface area contributed by atoms with Gasteiger partial charge in [-0.3, -0.25) is 4.79 Å². The predicted octanol–water partition coefficient (Wildman–Crippen LogP) is 2.39. The summed E-state index contributed by atoms with van der Waals surface area (Å²) in [5, 5.41) is 8.95. The summed E-state index contributed by atoms with van der Waals surface area (Å²) in [5.74, 6) is 0.422. The number of nitrogens with one attached hydrogen (secondary N) is 1. The van der Waals surface area contributed by atoms with Crippen LogP contribution in [-0.2, 0) is 11.8 Å². The largest absolute Gasteiger partial charge is 0.309 e. The van der Waals surface area contributed by atoms with Gasteiger partial charge in [-0.25, -0.2) is 9.67 Å². The molecule has 0 saturated carbocycles. The molecule has 0 aliphatic carbocycles. The highest BCUT2D eigenvalue weighted by Gasteiger charge is 2.12. The van der Waals surface area contributed by atoms with Gasteiger partial charge in [-0.1, -0.05) is 18.2 Å². The molecule has 0 radical (unpaired) electrons. The smallest absolute Gasteiger partial charge is 0.222 e. The van der Waals surface area contributed by atoms with Crippen LogP contribution >= 0.6 is 0 Å². The minimum Gasteiger partial charge on any atom is -0.309 e. The van der Waals surface area contributed by atoms with Crippen molar-refractivity contribution in [2.45, 2.75) is 13.8 Å². The number of hydrogen-bond acceptors (Lipinski definition) is 3. The van der Waals surface area contributed by atoms with E-state index in [9.17, 15) is 4.79 Å². The lowest BCUT2D eigenvalue weighted by atomic mass is 10.1. The minimum atomic E-state index is -0.135. The Hall–Kier alpha value is -2.43. The molecule has 5 nitrogen and oxygen atoms in total. The Kier molecular flexibility index (Phi) is 2.48. The monoisotopic (exact) mass is 254 g/mol. The molecule has 1 N–H and O–H groups in total. The van der Waals surface area contributed by atoms with Gasteiger partial charge >= 0.3 is 0 Å². The number of pyridine rings is 1. The zero-order valence-electron chi connectivity index (χ0n) is 11.1. The normalized spacial score (nSPS) is 11.1. The molecule has 2 aromatic heterocycles. The topological polar surface area (TPSA) is 59.8 Å². The van der Waals surface area contributed by atoms with Crippen LogP contribution in [0.3, 0.4) is 0 Å². The van der Waals surface area contributed by atoms with Crippen LogP contribution in [0.1, 0.15) is 12.5 Å². The second kappa shape index (κ2) is 4.05. The summed E-state index contributed by atoms with van der Waals surface area (Å²) in [4.78, 5) is 15.9. The first kappa shape index (κ1) is 11.6. The van der Waals surface area contributed by atoms with E-state index in [0.717, 1.165) is 27.5 Å². The van der Waals surface area contributed by atoms with Crippen molar-refractivity contribution in [1.82, 2.24) is 14.8 Å². The quantitative estimate of drug-likeness (QED) is 0.725. The fourth-order valence-corrected chi connectivity index (χ4v) is 2.27. The number of para-hydroxylation sites is 1. The average molecular weight is 254 g/mol. The van der Waals surface area contributed by atoms with E-state index in [-0.39, 0.29) is 5.91 Å². The summed E-state index contributed by atoms with van der Waals surface area (Å²) in [6, 6.07) is 8.06. The first-order valence-corrected chi connectivity index (χ1v) is 6.07. The SMILES string of the molecule is CC(=O)Nc1nn(C)c2nc3c(C)cccc3cc12. The molecule has 1 aromatic carbocycles. The van der Waals surface area contributed by atoms with Crippen LogP contribution in [0.15, 0.2) is 24.3 Å². The summed E-state index contributed by atoms with van der Waals surface area (Å²) in [5.41, 5.74) is 2.86. The van der Waals surface area contributed by atoms with E-state index in [0.29, 0.717) is 5.82 Å². The molecule has 1 amide bonds. The molecule has 3 aromatic rings. The Bertz CT molecular complexity index is 804. The maximum absolute atomic E-state index is 11.2. The van der Waals surface area contributed by atoms with E-state index in [1.54, 1.807) is 4.68 Å². The van der Waals surface area contributed by atoms with Crippen molar-refractivity contribution in [3.05, 3.63) is 29.8 Å². The van der Waals surface area contributed by atoms with Crippen molar-refractivity contribution in [2.24, 2.45) is 7.05 Å². The Morgan fingerprint density at radius 2 is 2.16 bits per heavy atom. The highest BCUT2D eigenvalue weighted by atomic mass is 16.1. The van der Waals surface area contributed by atoms with E-state index in [2.05, 4.69) is 15.4 Å². The third-order valence-electron chi connectivity index (χ3n) is 3.13. The maximum atomic E-state index is 11.2. The highest BCUT2D eigenvalue weighted by Crippen LogP contribution is 2.26. The summed E-state index contributed by atoms with van der Waals surface area (Å²) in [7, 11) is 1.82. The molecule has 0 saturated heterocycles. The summed E-state index contributed by atoms with van der Waals surface area (Å²) in [6.45, 7) is 3.51. The van der Waals surface area contributed by atoms with Crippen LogP contribution in [-0.4, -0.2) is 20.7 Å². The zero-order valence-corrected chi connectivity index (χ0v) is 11.1. The summed E-state index contributed by atoms with van der Waals surface area (Å²) < 4.78 is 1.69. The molecule has 96 valence electrons. The molecule has 0 fully saturated rings. The summed E-state index contributed by atoms with van der Waals surface area (Å²) >= 11 is 0. The van der Waals surface area contributed by atoms with Crippen molar-refractivity contribution in [2.75, 3.05) is 5.32 Å². The molecular weight excluding hydrogens is 240 g/mol. The van der Waals surface area contributed by atoms with Gasteiger partial charge in [0.25, 0.3) is 0 Å². The molecule has 3 rings (SSSR count). The zero-order chi connectivity index (χ0) is 13.6. The molecule has 0 atom stereocenters. The van der Waals surface area contributed by atoms with Gasteiger partial charge in [-0.15, -0.1) is 0 Å². The van der Waals surface area contributed by atoms with E-state index < -0.39 is 0 Å². The number of aromatic nitrogens is 3. The standard InChI is InChI=1S/C14H14N4O/c1-8-5-4-6-10-7-11-13(15-9(2)19)17-18(3)14(11)16-12(8)10/h4-7H,1-3H3,(H,15,17,19). The first-order chi connectivity index (χ1) is 9.06. The second-order valence-corrected chi connectivity index (χ2v) is 4.66. The average Bonchev–Trinajstić information content (AvgIpc) is 2.64. The Morgan fingerprint density at radius 1 is 1.37 bits per heavy atom. The first-order valence-electron chi connectivity index (χ1n) is 6.07. The highest BCUT2D eigenvalue weighted by molar-refractivity contribution is 6.02. The van der Waals surface area contributed by atoms with Crippen LogP contribution in [0.5, 0.6) is 0 Å². The second-order valence-electron chi connectivity index (χ2n) is 4.66. The van der Waals surface area contributed by atoms with Crippen molar-refractivity contribution >= 4 is 33.7 Å². The van der Waals surface area contributed by atoms with Gasteiger partial charge in [0, 0.05) is 19.4 Å². The van der Waals surface area contributed by atoms with Crippen LogP contribution in [0.2, 0.25) is 0 Å². The van der Waals surface area contributed by atoms with Gasteiger partial charge in [0.2, 0.25) is 5.91 Å². The number of fused-ring (bicyclic) bond motifs is 2. The van der Waals surface area contributed by atoms with Crippen LogP contribution < -0.4 is 5.32 Å². The molecule has 0 bridgehead atoms. The molecule has 5 heteroatoms. The number of carbonyl (C=O) groups is 1. The third-order valence-corrected chi connectivity index (χ3v) is 3.13. The number of hydrogen-bond donors (Lipinski definition) is 1. The molecule has 0 aliphatic rings. The van der Waals surface area contributed by atoms with E-state index >= 15 is 0 Å². The van der Waals surface area contributed by atoms with Crippen molar-refractivity contribution in [3.63, 3.8) is 0 Å². The molecule has 0 unspecified atom stereocenters. The summed E-state index contributed by atoms with van der Waals surface area (Å²) in [6.07, 6.45) is 0. The third kappa shape index (κ3) is 1.83. The predicted molar refractivity (Wildman–Crippen MR) is 75.1 cm³/mol. The van der Waals surface area contributed by atoms with E-state index in [1.165, 1.54) is 6.92 Å². The number of anilines is 1. The van der Waals surface area contributed by atoms with Gasteiger partial charge in [0.15, 0.2) is 11.5 Å². The van der Waals surface area contributed by atoms with E-state index in [4.69, 9.17) is 0 Å². The fraction of sp³-hybridized carbons (Fsp3) is 0.214. The molecular formula is C14H14N4O. The van der Waals surface area contributed by atoms with Gasteiger partial charge in [-0.05, 0) is 18.6 Å². The molecule has 0 aliphatic heterocycles. The maximum Gasteiger partial charge on any atom is 0.222 e. The number of rotatable bonds is 1. The van der Waals surface area contributed by atoms with Crippen LogP contribution in [0, 0.1) is 6.92 Å². The molecule has 19 heavy (non-hydrogen) atoms. The Labute approximate surface area is 110 Å². The van der Waals surface area contributed by atoms with Gasteiger partial charge in [0.1, 0.15) is 0 Å². The van der Waals surface area contributed by atoms with E-state index in [1.807, 2.05) is 38.2 Å². The number of benzene rings is 1. The van der Waals surface area contributed by atoms with Crippen molar-refractivity contribution < 1.29 is 4.79 Å². The lowest BCUT2D eigenvalue weighted by Crippen LogP contribution is -2.06. The number of amides is 1. The Balaban J connectivity index is 2.36. The molecule has 0 spiro atoms. The number of aryl methyl sites for hydroxylation is 2. The number of carbonyl (C=O) groups excluding carboxylic acids is 1. The van der Waals surface area contributed by atoms with Gasteiger partial charge < -0.3 is 5.32 Å². The van der Waals surface area contributed by atoms with Crippen LogP contribution in [0.25, 0.3) is 21.9 Å². The molecule has 2 heterocycles. The Morgan fingerprint density at radius 3 is 2.89 bits per heavy atom.